The number of aromatic hydroxyl groups is 1. The van der Waals surface area contributed by atoms with E-state index in [4.69, 9.17) is 0 Å². The van der Waals surface area contributed by atoms with Gasteiger partial charge in [-0.05, 0) is 44.0 Å². The summed E-state index contributed by atoms with van der Waals surface area (Å²) in [5.41, 5.74) is 2.20. The Morgan fingerprint density at radius 1 is 1.04 bits per heavy atom. The van der Waals surface area contributed by atoms with Gasteiger partial charge in [0.25, 0.3) is 0 Å². The predicted octanol–water partition coefficient (Wildman–Crippen LogP) is 2.96. The van der Waals surface area contributed by atoms with Crippen molar-refractivity contribution < 1.29 is 9.90 Å². The van der Waals surface area contributed by atoms with Crippen LogP contribution in [0.4, 0.5) is 0 Å². The van der Waals surface area contributed by atoms with Gasteiger partial charge in [0.2, 0.25) is 5.91 Å². The molecule has 25 heavy (non-hydrogen) atoms. The molecule has 0 bridgehead atoms. The Bertz CT molecular complexity index is 679. The summed E-state index contributed by atoms with van der Waals surface area (Å²) >= 11 is 0. The number of para-hydroxylation sites is 1. The number of amides is 1. The maximum Gasteiger partial charge on any atom is 0.223 e. The van der Waals surface area contributed by atoms with Crippen LogP contribution < -0.4 is 5.32 Å². The van der Waals surface area contributed by atoms with Crippen LogP contribution in [0.2, 0.25) is 0 Å². The maximum absolute atomic E-state index is 12.3. The van der Waals surface area contributed by atoms with Gasteiger partial charge in [-0.2, -0.15) is 0 Å². The van der Waals surface area contributed by atoms with Gasteiger partial charge in [0.05, 0.1) is 0 Å². The molecular formula is C21H26N2O2. The third-order valence-corrected chi connectivity index (χ3v) is 4.90. The Kier molecular flexibility index (Phi) is 6.07. The number of likely N-dealkylation sites (tertiary alicyclic amines) is 1. The van der Waals surface area contributed by atoms with Crippen LogP contribution in [0.15, 0.2) is 54.6 Å². The summed E-state index contributed by atoms with van der Waals surface area (Å²) in [6, 6.07) is 17.7. The first kappa shape index (κ1) is 17.5. The molecule has 1 aliphatic rings. The maximum atomic E-state index is 12.3. The number of rotatable bonds is 6. The Morgan fingerprint density at radius 2 is 1.72 bits per heavy atom. The fourth-order valence-electron chi connectivity index (χ4n) is 3.36. The number of carbonyl (C=O) groups is 1. The Hall–Kier alpha value is -2.33. The first-order valence-corrected chi connectivity index (χ1v) is 9.03. The summed E-state index contributed by atoms with van der Waals surface area (Å²) < 4.78 is 0. The van der Waals surface area contributed by atoms with Crippen LogP contribution in [0.25, 0.3) is 0 Å². The Balaban J connectivity index is 1.39. The third kappa shape index (κ3) is 5.07. The SMILES string of the molecule is O=C(NCCc1ccccc1)C1CCN(Cc2ccccc2O)CC1. The van der Waals surface area contributed by atoms with Crippen LogP contribution in [0.3, 0.4) is 0 Å². The molecule has 2 aromatic rings. The van der Waals surface area contributed by atoms with Crippen LogP contribution in [0.5, 0.6) is 5.75 Å². The quantitative estimate of drug-likeness (QED) is 0.851. The lowest BCUT2D eigenvalue weighted by Gasteiger charge is -2.31. The number of hydrogen-bond acceptors (Lipinski definition) is 3. The predicted molar refractivity (Wildman–Crippen MR) is 99.3 cm³/mol. The average Bonchev–Trinajstić information content (AvgIpc) is 2.65. The molecule has 132 valence electrons. The number of nitrogens with one attached hydrogen (secondary N) is 1. The summed E-state index contributed by atoms with van der Waals surface area (Å²) in [6.45, 7) is 3.23. The number of piperidine rings is 1. The van der Waals surface area contributed by atoms with E-state index in [0.717, 1.165) is 44.5 Å². The van der Waals surface area contributed by atoms with E-state index in [1.165, 1.54) is 5.56 Å². The Morgan fingerprint density at radius 3 is 2.44 bits per heavy atom. The van der Waals surface area contributed by atoms with Crippen molar-refractivity contribution in [3.63, 3.8) is 0 Å². The van der Waals surface area contributed by atoms with E-state index in [1.807, 2.05) is 36.4 Å². The number of hydrogen-bond donors (Lipinski definition) is 2. The van der Waals surface area contributed by atoms with Crippen molar-refractivity contribution in [2.45, 2.75) is 25.8 Å². The molecular weight excluding hydrogens is 312 g/mol. The Labute approximate surface area is 149 Å². The molecule has 1 heterocycles. The van der Waals surface area contributed by atoms with Crippen LogP contribution in [-0.2, 0) is 17.8 Å². The van der Waals surface area contributed by atoms with Gasteiger partial charge in [0.15, 0.2) is 0 Å². The molecule has 4 heteroatoms. The minimum Gasteiger partial charge on any atom is -0.508 e. The van der Waals surface area contributed by atoms with E-state index in [9.17, 15) is 9.90 Å². The molecule has 0 saturated carbocycles. The summed E-state index contributed by atoms with van der Waals surface area (Å²) in [5.74, 6) is 0.637. The molecule has 1 fully saturated rings. The zero-order valence-corrected chi connectivity index (χ0v) is 14.5. The monoisotopic (exact) mass is 338 g/mol. The van der Waals surface area contributed by atoms with Gasteiger partial charge in [-0.3, -0.25) is 9.69 Å². The molecule has 1 aliphatic heterocycles. The molecule has 0 unspecified atom stereocenters. The van der Waals surface area contributed by atoms with Gasteiger partial charge < -0.3 is 10.4 Å². The summed E-state index contributed by atoms with van der Waals surface area (Å²) in [7, 11) is 0. The first-order chi connectivity index (χ1) is 12.2. The van der Waals surface area contributed by atoms with Crippen molar-refractivity contribution in [2.75, 3.05) is 19.6 Å². The van der Waals surface area contributed by atoms with Gasteiger partial charge >= 0.3 is 0 Å². The molecule has 0 aliphatic carbocycles. The number of nitrogens with zero attached hydrogens (tertiary/aromatic N) is 1. The molecule has 0 atom stereocenters. The summed E-state index contributed by atoms with van der Waals surface area (Å²) in [5, 5.41) is 13.0. The lowest BCUT2D eigenvalue weighted by atomic mass is 9.95. The van der Waals surface area contributed by atoms with Gasteiger partial charge in [0, 0.05) is 24.6 Å². The molecule has 1 amide bonds. The second-order valence-electron chi connectivity index (χ2n) is 6.71. The number of phenols is 1. The molecule has 4 nitrogen and oxygen atoms in total. The van der Waals surface area contributed by atoms with Crippen molar-refractivity contribution in [1.29, 1.82) is 0 Å². The van der Waals surface area contributed by atoms with Crippen molar-refractivity contribution in [1.82, 2.24) is 10.2 Å². The lowest BCUT2D eigenvalue weighted by molar-refractivity contribution is -0.126. The molecule has 1 saturated heterocycles. The van der Waals surface area contributed by atoms with Crippen molar-refractivity contribution in [3.05, 3.63) is 65.7 Å². The van der Waals surface area contributed by atoms with Crippen molar-refractivity contribution >= 4 is 5.91 Å². The average molecular weight is 338 g/mol. The van der Waals surface area contributed by atoms with E-state index in [2.05, 4.69) is 22.3 Å². The minimum absolute atomic E-state index is 0.108. The molecule has 2 aromatic carbocycles. The van der Waals surface area contributed by atoms with Gasteiger partial charge in [-0.1, -0.05) is 48.5 Å². The van der Waals surface area contributed by atoms with Gasteiger partial charge in [-0.25, -0.2) is 0 Å². The standard InChI is InChI=1S/C21H26N2O2/c24-20-9-5-4-8-19(20)16-23-14-11-18(12-15-23)21(25)22-13-10-17-6-2-1-3-7-17/h1-9,18,24H,10-16H2,(H,22,25). The highest BCUT2D eigenvalue weighted by Gasteiger charge is 2.24. The molecule has 0 radical (unpaired) electrons. The molecule has 0 spiro atoms. The van der Waals surface area contributed by atoms with E-state index < -0.39 is 0 Å². The summed E-state index contributed by atoms with van der Waals surface area (Å²) in [4.78, 5) is 14.6. The van der Waals surface area contributed by atoms with E-state index in [0.29, 0.717) is 12.3 Å². The second kappa shape index (κ2) is 8.67. The first-order valence-electron chi connectivity index (χ1n) is 9.03. The van der Waals surface area contributed by atoms with Crippen molar-refractivity contribution in [2.24, 2.45) is 5.92 Å². The highest BCUT2D eigenvalue weighted by atomic mass is 16.3. The molecule has 0 aromatic heterocycles. The van der Waals surface area contributed by atoms with E-state index >= 15 is 0 Å². The fraction of sp³-hybridized carbons (Fsp3) is 0.381. The third-order valence-electron chi connectivity index (χ3n) is 4.90. The van der Waals surface area contributed by atoms with Gasteiger partial charge in [-0.15, -0.1) is 0 Å². The van der Waals surface area contributed by atoms with Crippen molar-refractivity contribution in [3.8, 4) is 5.75 Å². The second-order valence-corrected chi connectivity index (χ2v) is 6.71. The van der Waals surface area contributed by atoms with Crippen LogP contribution in [-0.4, -0.2) is 35.5 Å². The fourth-order valence-corrected chi connectivity index (χ4v) is 3.36. The van der Waals surface area contributed by atoms with Gasteiger partial charge in [0.1, 0.15) is 5.75 Å². The number of carbonyl (C=O) groups excluding carboxylic acids is 1. The minimum atomic E-state index is 0.108. The van der Waals surface area contributed by atoms with Crippen LogP contribution in [0.1, 0.15) is 24.0 Å². The van der Waals surface area contributed by atoms with E-state index in [-0.39, 0.29) is 11.8 Å². The largest absolute Gasteiger partial charge is 0.508 e. The zero-order valence-electron chi connectivity index (χ0n) is 14.5. The van der Waals surface area contributed by atoms with Crippen LogP contribution >= 0.6 is 0 Å². The normalized spacial score (nSPS) is 15.8. The zero-order chi connectivity index (χ0) is 17.5. The molecule has 2 N–H and O–H groups in total. The van der Waals surface area contributed by atoms with Crippen LogP contribution in [0, 0.1) is 5.92 Å². The lowest BCUT2D eigenvalue weighted by Crippen LogP contribution is -2.40. The highest BCUT2D eigenvalue weighted by Crippen LogP contribution is 2.22. The topological polar surface area (TPSA) is 52.6 Å². The summed E-state index contributed by atoms with van der Waals surface area (Å²) in [6.07, 6.45) is 2.63. The van der Waals surface area contributed by atoms with E-state index in [1.54, 1.807) is 6.07 Å². The number of phenolic OH excluding ortho intramolecular Hbond substituents is 1. The smallest absolute Gasteiger partial charge is 0.223 e. The number of benzene rings is 2. The highest BCUT2D eigenvalue weighted by molar-refractivity contribution is 5.78. The molecule has 3 rings (SSSR count).